The van der Waals surface area contributed by atoms with Crippen molar-refractivity contribution in [2.24, 2.45) is 5.92 Å². The van der Waals surface area contributed by atoms with Crippen LogP contribution in [0.3, 0.4) is 0 Å². The lowest BCUT2D eigenvalue weighted by molar-refractivity contribution is -0.143. The molecule has 1 saturated heterocycles. The van der Waals surface area contributed by atoms with Crippen molar-refractivity contribution in [3.8, 4) is 17.2 Å². The van der Waals surface area contributed by atoms with E-state index in [1.807, 2.05) is 4.90 Å². The Kier molecular flexibility index (Phi) is 7.64. The number of nitrogens with zero attached hydrogens (tertiary/aromatic N) is 1. The van der Waals surface area contributed by atoms with Crippen LogP contribution < -0.4 is 14.2 Å². The van der Waals surface area contributed by atoms with Crippen LogP contribution in [0.1, 0.15) is 35.6 Å². The average Bonchev–Trinajstić information content (AvgIpc) is 2.79. The second-order valence-corrected chi connectivity index (χ2v) is 8.17. The first-order chi connectivity index (χ1) is 15.6. The number of carbonyl (C=O) groups is 1. The molecule has 1 N–H and O–H groups in total. The topological polar surface area (TPSA) is 68.2 Å². The third kappa shape index (κ3) is 5.30. The SMILES string of the molecule is COc1cc(OC)c(C(c2cc(C(F)(F)F)ccc2Cl)N2CCCC(C(=O)O)C2)cc1OC. The van der Waals surface area contributed by atoms with Crippen molar-refractivity contribution >= 4 is 17.6 Å². The molecule has 0 saturated carbocycles. The molecule has 1 heterocycles. The van der Waals surface area contributed by atoms with Gasteiger partial charge in [0.15, 0.2) is 11.5 Å². The van der Waals surface area contributed by atoms with E-state index in [2.05, 4.69) is 0 Å². The first kappa shape index (κ1) is 25.0. The van der Waals surface area contributed by atoms with Crippen LogP contribution >= 0.6 is 11.6 Å². The van der Waals surface area contributed by atoms with E-state index in [0.717, 1.165) is 12.1 Å². The number of halogens is 4. The summed E-state index contributed by atoms with van der Waals surface area (Å²) < 4.78 is 56.9. The van der Waals surface area contributed by atoms with Crippen molar-refractivity contribution in [3.05, 3.63) is 52.0 Å². The van der Waals surface area contributed by atoms with Crippen LogP contribution in [0.2, 0.25) is 5.02 Å². The molecule has 0 aliphatic carbocycles. The third-order valence-electron chi connectivity index (χ3n) is 5.82. The van der Waals surface area contributed by atoms with Gasteiger partial charge in [-0.2, -0.15) is 13.2 Å². The van der Waals surface area contributed by atoms with E-state index >= 15 is 0 Å². The van der Waals surface area contributed by atoms with E-state index in [1.165, 1.54) is 27.4 Å². The molecule has 0 spiro atoms. The first-order valence-electron chi connectivity index (χ1n) is 10.2. The largest absolute Gasteiger partial charge is 0.496 e. The number of ether oxygens (including phenoxy) is 3. The zero-order chi connectivity index (χ0) is 24.3. The van der Waals surface area contributed by atoms with Gasteiger partial charge < -0.3 is 19.3 Å². The number of hydrogen-bond acceptors (Lipinski definition) is 5. The Morgan fingerprint density at radius 1 is 1.06 bits per heavy atom. The summed E-state index contributed by atoms with van der Waals surface area (Å²) in [6.45, 7) is 0.614. The fourth-order valence-corrected chi connectivity index (χ4v) is 4.42. The highest BCUT2D eigenvalue weighted by molar-refractivity contribution is 6.31. The zero-order valence-corrected chi connectivity index (χ0v) is 19.2. The molecule has 0 bridgehead atoms. The summed E-state index contributed by atoms with van der Waals surface area (Å²) in [6.07, 6.45) is -3.52. The summed E-state index contributed by atoms with van der Waals surface area (Å²) in [5, 5.41) is 9.70. The molecule has 3 rings (SSSR count). The van der Waals surface area contributed by atoms with Gasteiger partial charge in [-0.05, 0) is 49.2 Å². The van der Waals surface area contributed by atoms with Crippen LogP contribution in [0, 0.1) is 5.92 Å². The number of alkyl halides is 3. The van der Waals surface area contributed by atoms with Crippen LogP contribution in [-0.4, -0.2) is 50.4 Å². The maximum Gasteiger partial charge on any atom is 0.416 e. The van der Waals surface area contributed by atoms with Crippen LogP contribution in [0.4, 0.5) is 13.2 Å². The number of carboxylic acids is 1. The second kappa shape index (κ2) is 10.1. The standard InChI is InChI=1S/C23H25ClF3NO5/c1-31-18-11-20(33-3)19(32-2)10-16(18)21(28-8-4-5-13(12-28)22(29)30)15-9-14(23(25,26)27)6-7-17(15)24/h6-7,9-11,13,21H,4-5,8,12H2,1-3H3,(H,29,30). The molecule has 0 radical (unpaired) electrons. The van der Waals surface area contributed by atoms with Gasteiger partial charge in [-0.3, -0.25) is 9.69 Å². The predicted octanol–water partition coefficient (Wildman–Crippen LogP) is 5.27. The smallest absolute Gasteiger partial charge is 0.416 e. The Morgan fingerprint density at radius 2 is 1.70 bits per heavy atom. The van der Waals surface area contributed by atoms with Gasteiger partial charge in [0.2, 0.25) is 0 Å². The molecule has 1 fully saturated rings. The number of rotatable bonds is 7. The van der Waals surface area contributed by atoms with E-state index in [9.17, 15) is 23.1 Å². The van der Waals surface area contributed by atoms with Crippen LogP contribution in [0.15, 0.2) is 30.3 Å². The van der Waals surface area contributed by atoms with Crippen molar-refractivity contribution in [2.45, 2.75) is 25.1 Å². The van der Waals surface area contributed by atoms with E-state index in [-0.39, 0.29) is 17.1 Å². The minimum absolute atomic E-state index is 0.127. The second-order valence-electron chi connectivity index (χ2n) is 7.76. The molecule has 1 aliphatic rings. The molecule has 2 aromatic rings. The maximum atomic E-state index is 13.5. The summed E-state index contributed by atoms with van der Waals surface area (Å²) in [5.74, 6) is -0.518. The molecule has 10 heteroatoms. The third-order valence-corrected chi connectivity index (χ3v) is 6.16. The molecular weight excluding hydrogens is 463 g/mol. The molecule has 2 atom stereocenters. The van der Waals surface area contributed by atoms with Gasteiger partial charge in [0.1, 0.15) is 5.75 Å². The maximum absolute atomic E-state index is 13.5. The fraction of sp³-hybridized carbons (Fsp3) is 0.435. The van der Waals surface area contributed by atoms with E-state index in [0.29, 0.717) is 42.2 Å². The Labute approximate surface area is 194 Å². The van der Waals surface area contributed by atoms with Crippen molar-refractivity contribution in [2.75, 3.05) is 34.4 Å². The van der Waals surface area contributed by atoms with Crippen molar-refractivity contribution in [1.82, 2.24) is 4.90 Å². The molecule has 0 amide bonds. The average molecular weight is 488 g/mol. The summed E-state index contributed by atoms with van der Waals surface area (Å²) >= 11 is 6.43. The Balaban J connectivity index is 2.25. The van der Waals surface area contributed by atoms with Crippen molar-refractivity contribution in [1.29, 1.82) is 0 Å². The predicted molar refractivity (Wildman–Crippen MR) is 116 cm³/mol. The number of hydrogen-bond donors (Lipinski definition) is 1. The van der Waals surface area contributed by atoms with Crippen LogP contribution in [0.5, 0.6) is 17.2 Å². The first-order valence-corrected chi connectivity index (χ1v) is 10.6. The molecule has 33 heavy (non-hydrogen) atoms. The normalized spacial score (nSPS) is 18.0. The van der Waals surface area contributed by atoms with E-state index in [4.69, 9.17) is 25.8 Å². The monoisotopic (exact) mass is 487 g/mol. The molecular formula is C23H25ClF3NO5. The van der Waals surface area contributed by atoms with E-state index < -0.39 is 29.7 Å². The van der Waals surface area contributed by atoms with Crippen molar-refractivity contribution < 1.29 is 37.3 Å². The highest BCUT2D eigenvalue weighted by Crippen LogP contribution is 2.45. The summed E-state index contributed by atoms with van der Waals surface area (Å²) in [7, 11) is 4.34. The quantitative estimate of drug-likeness (QED) is 0.574. The Morgan fingerprint density at radius 3 is 2.27 bits per heavy atom. The number of piperidine rings is 1. The molecule has 2 aromatic carbocycles. The van der Waals surface area contributed by atoms with Gasteiger partial charge in [-0.1, -0.05) is 11.6 Å². The molecule has 0 aromatic heterocycles. The Hall–Kier alpha value is -2.65. The number of aliphatic carboxylic acids is 1. The molecule has 180 valence electrons. The minimum Gasteiger partial charge on any atom is -0.496 e. The van der Waals surface area contributed by atoms with Gasteiger partial charge in [-0.15, -0.1) is 0 Å². The number of carboxylic acid groups (broad SMARTS) is 1. The number of methoxy groups -OCH3 is 3. The lowest BCUT2D eigenvalue weighted by Crippen LogP contribution is -2.41. The summed E-state index contributed by atoms with van der Waals surface area (Å²) in [5.41, 5.74) is -0.163. The number of benzene rings is 2. The lowest BCUT2D eigenvalue weighted by atomic mass is 9.90. The van der Waals surface area contributed by atoms with Gasteiger partial charge in [0.05, 0.1) is 38.9 Å². The minimum atomic E-state index is -4.57. The summed E-state index contributed by atoms with van der Waals surface area (Å²) in [4.78, 5) is 13.5. The number of likely N-dealkylation sites (tertiary alicyclic amines) is 1. The van der Waals surface area contributed by atoms with Gasteiger partial charge >= 0.3 is 12.1 Å². The highest BCUT2D eigenvalue weighted by Gasteiger charge is 2.37. The van der Waals surface area contributed by atoms with Gasteiger partial charge in [0, 0.05) is 23.2 Å². The van der Waals surface area contributed by atoms with Crippen LogP contribution in [-0.2, 0) is 11.0 Å². The zero-order valence-electron chi connectivity index (χ0n) is 18.4. The van der Waals surface area contributed by atoms with Gasteiger partial charge in [0.25, 0.3) is 0 Å². The summed E-state index contributed by atoms with van der Waals surface area (Å²) in [6, 6.07) is 5.54. The van der Waals surface area contributed by atoms with E-state index in [1.54, 1.807) is 12.1 Å². The van der Waals surface area contributed by atoms with Gasteiger partial charge in [-0.25, -0.2) is 0 Å². The highest BCUT2D eigenvalue weighted by atomic mass is 35.5. The lowest BCUT2D eigenvalue weighted by Gasteiger charge is -2.38. The Bertz CT molecular complexity index is 1010. The molecule has 2 unspecified atom stereocenters. The fourth-order valence-electron chi connectivity index (χ4n) is 4.20. The van der Waals surface area contributed by atoms with Crippen molar-refractivity contribution in [3.63, 3.8) is 0 Å². The van der Waals surface area contributed by atoms with Crippen LogP contribution in [0.25, 0.3) is 0 Å². The molecule has 6 nitrogen and oxygen atoms in total. The molecule has 1 aliphatic heterocycles.